The summed E-state index contributed by atoms with van der Waals surface area (Å²) in [5, 5.41) is 18.5. The quantitative estimate of drug-likeness (QED) is 0.501. The highest BCUT2D eigenvalue weighted by molar-refractivity contribution is 6.62. The van der Waals surface area contributed by atoms with E-state index in [-0.39, 0.29) is 25.1 Å². The third-order valence-corrected chi connectivity index (χ3v) is 2.76. The first-order chi connectivity index (χ1) is 8.27. The second-order valence-corrected chi connectivity index (χ2v) is 3.90. The van der Waals surface area contributed by atoms with Gasteiger partial charge in [-0.2, -0.15) is 0 Å². The Labute approximate surface area is 112 Å². The maximum Gasteiger partial charge on any atom is 0.495 e. The van der Waals surface area contributed by atoms with E-state index >= 15 is 0 Å². The molecule has 1 heterocycles. The van der Waals surface area contributed by atoms with Crippen LogP contribution in [-0.2, 0) is 4.65 Å². The van der Waals surface area contributed by atoms with Gasteiger partial charge in [-0.1, -0.05) is 12.1 Å². The first kappa shape index (κ1) is 15.3. The van der Waals surface area contributed by atoms with Gasteiger partial charge in [0.05, 0.1) is 12.7 Å². The van der Waals surface area contributed by atoms with E-state index in [1.807, 2.05) is 12.1 Å². The zero-order valence-electron chi connectivity index (χ0n) is 9.91. The Hall–Kier alpha value is -0.785. The van der Waals surface area contributed by atoms with Crippen molar-refractivity contribution in [2.75, 3.05) is 19.8 Å². The minimum absolute atomic E-state index is 0. The van der Waals surface area contributed by atoms with E-state index in [4.69, 9.17) is 20.2 Å². The highest BCUT2D eigenvalue weighted by Gasteiger charge is 2.37. The summed E-state index contributed by atoms with van der Waals surface area (Å²) in [5.74, 6) is 0.597. The monoisotopic (exact) mass is 273 g/mol. The molecule has 100 valence electrons. The number of aliphatic hydroxyl groups is 1. The average Bonchev–Trinajstić information content (AvgIpc) is 2.68. The number of aliphatic hydroxyl groups excluding tert-OH is 1. The second kappa shape index (κ2) is 6.96. The lowest BCUT2D eigenvalue weighted by molar-refractivity contribution is 0.198. The molecule has 1 aromatic carbocycles. The van der Waals surface area contributed by atoms with Gasteiger partial charge in [0.25, 0.3) is 0 Å². The normalized spacial score (nSPS) is 17.3. The summed E-state index contributed by atoms with van der Waals surface area (Å²) in [5.41, 5.74) is 7.10. The van der Waals surface area contributed by atoms with Gasteiger partial charge in [-0.25, -0.2) is 0 Å². The Balaban J connectivity index is 0.00000162. The van der Waals surface area contributed by atoms with Crippen molar-refractivity contribution < 1.29 is 19.5 Å². The van der Waals surface area contributed by atoms with Crippen LogP contribution in [0.5, 0.6) is 5.75 Å². The maximum atomic E-state index is 9.81. The predicted octanol–water partition coefficient (Wildman–Crippen LogP) is -0.413. The summed E-state index contributed by atoms with van der Waals surface area (Å²) in [7, 11) is -0.983. The van der Waals surface area contributed by atoms with Crippen LogP contribution in [0.15, 0.2) is 18.2 Å². The zero-order valence-corrected chi connectivity index (χ0v) is 10.7. The fourth-order valence-corrected chi connectivity index (χ4v) is 1.96. The molecule has 1 aromatic rings. The minimum atomic E-state index is -0.983. The third kappa shape index (κ3) is 2.96. The summed E-state index contributed by atoms with van der Waals surface area (Å²) in [6, 6.07) is 5.50. The Kier molecular flexibility index (Phi) is 5.91. The molecule has 0 amide bonds. The summed E-state index contributed by atoms with van der Waals surface area (Å²) < 4.78 is 10.8. The van der Waals surface area contributed by atoms with E-state index in [0.29, 0.717) is 30.8 Å². The topological polar surface area (TPSA) is 84.9 Å². The summed E-state index contributed by atoms with van der Waals surface area (Å²) in [6.07, 6.45) is 0.280. The molecule has 1 atom stereocenters. The van der Waals surface area contributed by atoms with Gasteiger partial charge < -0.3 is 25.3 Å². The van der Waals surface area contributed by atoms with E-state index < -0.39 is 7.12 Å². The van der Waals surface area contributed by atoms with E-state index in [2.05, 4.69) is 0 Å². The van der Waals surface area contributed by atoms with Crippen molar-refractivity contribution in [1.82, 2.24) is 0 Å². The lowest BCUT2D eigenvalue weighted by atomic mass is 9.78. The van der Waals surface area contributed by atoms with Crippen LogP contribution >= 0.6 is 12.4 Å². The number of ether oxygens (including phenoxy) is 1. The summed E-state index contributed by atoms with van der Waals surface area (Å²) >= 11 is 0. The number of hydrogen-bond acceptors (Lipinski definition) is 5. The molecule has 7 heteroatoms. The van der Waals surface area contributed by atoms with Crippen molar-refractivity contribution in [2.45, 2.75) is 12.5 Å². The highest BCUT2D eigenvalue weighted by Crippen LogP contribution is 2.26. The molecule has 0 spiro atoms. The van der Waals surface area contributed by atoms with E-state index in [0.717, 1.165) is 5.56 Å². The molecule has 0 radical (unpaired) electrons. The van der Waals surface area contributed by atoms with Gasteiger partial charge in [0.2, 0.25) is 0 Å². The van der Waals surface area contributed by atoms with Crippen LogP contribution in [0.1, 0.15) is 18.1 Å². The van der Waals surface area contributed by atoms with Crippen LogP contribution in [0.2, 0.25) is 0 Å². The Bertz CT molecular complexity index is 393. The lowest BCUT2D eigenvalue weighted by Gasteiger charge is -2.11. The molecule has 18 heavy (non-hydrogen) atoms. The van der Waals surface area contributed by atoms with Crippen LogP contribution in [0, 0.1) is 0 Å². The van der Waals surface area contributed by atoms with E-state index in [1.54, 1.807) is 6.07 Å². The lowest BCUT2D eigenvalue weighted by Crippen LogP contribution is -2.30. The average molecular weight is 274 g/mol. The van der Waals surface area contributed by atoms with Crippen LogP contribution in [0.3, 0.4) is 0 Å². The van der Waals surface area contributed by atoms with Gasteiger partial charge in [-0.15, -0.1) is 12.4 Å². The molecule has 1 aliphatic rings. The van der Waals surface area contributed by atoms with Gasteiger partial charge in [-0.05, 0) is 11.6 Å². The first-order valence-electron chi connectivity index (χ1n) is 5.68. The molecule has 2 rings (SSSR count). The van der Waals surface area contributed by atoms with Crippen LogP contribution < -0.4 is 15.9 Å². The standard InChI is InChI=1S/C11H16BNO4.ClH/c13-7-10-8-3-1-4-9(16-6-2-5-14)11(8)12(15)17-10;/h1,3-4,10,14-15H,2,5-7,13H2;1H. The van der Waals surface area contributed by atoms with Crippen molar-refractivity contribution in [3.8, 4) is 5.75 Å². The molecule has 4 N–H and O–H groups in total. The second-order valence-electron chi connectivity index (χ2n) is 3.90. The minimum Gasteiger partial charge on any atom is -0.494 e. The fraction of sp³-hybridized carbons (Fsp3) is 0.455. The molecule has 1 aliphatic heterocycles. The van der Waals surface area contributed by atoms with E-state index in [1.165, 1.54) is 0 Å². The maximum absolute atomic E-state index is 9.81. The molecule has 5 nitrogen and oxygen atoms in total. The number of halogens is 1. The molecular weight excluding hydrogens is 256 g/mol. The third-order valence-electron chi connectivity index (χ3n) is 2.76. The highest BCUT2D eigenvalue weighted by atomic mass is 35.5. The summed E-state index contributed by atoms with van der Waals surface area (Å²) in [6.45, 7) is 0.816. The Morgan fingerprint density at radius 2 is 2.22 bits per heavy atom. The number of rotatable bonds is 5. The first-order valence-corrected chi connectivity index (χ1v) is 5.68. The molecule has 1 unspecified atom stereocenters. The largest absolute Gasteiger partial charge is 0.495 e. The molecule has 0 saturated heterocycles. The van der Waals surface area contributed by atoms with Gasteiger partial charge in [0, 0.05) is 25.0 Å². The Morgan fingerprint density at radius 1 is 1.44 bits per heavy atom. The van der Waals surface area contributed by atoms with Crippen molar-refractivity contribution in [3.05, 3.63) is 23.8 Å². The number of hydrogen-bond donors (Lipinski definition) is 3. The van der Waals surface area contributed by atoms with Gasteiger partial charge in [0.15, 0.2) is 0 Å². The van der Waals surface area contributed by atoms with E-state index in [9.17, 15) is 5.02 Å². The van der Waals surface area contributed by atoms with Crippen LogP contribution in [0.25, 0.3) is 0 Å². The number of fused-ring (bicyclic) bond motifs is 1. The zero-order chi connectivity index (χ0) is 12.3. The van der Waals surface area contributed by atoms with Gasteiger partial charge >= 0.3 is 7.12 Å². The van der Waals surface area contributed by atoms with Crippen molar-refractivity contribution >= 4 is 25.0 Å². The van der Waals surface area contributed by atoms with Gasteiger partial charge in [0.1, 0.15) is 5.75 Å². The SMILES string of the molecule is Cl.NCC1OB(O)c2c(OCCCO)cccc21. The molecule has 0 fully saturated rings. The van der Waals surface area contributed by atoms with Gasteiger partial charge in [-0.3, -0.25) is 0 Å². The number of benzene rings is 1. The Morgan fingerprint density at radius 3 is 2.89 bits per heavy atom. The van der Waals surface area contributed by atoms with Crippen molar-refractivity contribution in [2.24, 2.45) is 5.73 Å². The molecule has 0 aromatic heterocycles. The fourth-order valence-electron chi connectivity index (χ4n) is 1.96. The molecule has 0 aliphatic carbocycles. The molecule has 0 bridgehead atoms. The summed E-state index contributed by atoms with van der Waals surface area (Å²) in [4.78, 5) is 0. The predicted molar refractivity (Wildman–Crippen MR) is 71.4 cm³/mol. The van der Waals surface area contributed by atoms with Crippen LogP contribution in [-0.4, -0.2) is 37.0 Å². The molecular formula is C11H17BClNO4. The smallest absolute Gasteiger partial charge is 0.494 e. The van der Waals surface area contributed by atoms with Crippen molar-refractivity contribution in [1.29, 1.82) is 0 Å². The number of nitrogens with two attached hydrogens (primary N) is 1. The van der Waals surface area contributed by atoms with Crippen molar-refractivity contribution in [3.63, 3.8) is 0 Å². The molecule has 0 saturated carbocycles. The van der Waals surface area contributed by atoms with Crippen LogP contribution in [0.4, 0.5) is 0 Å².